The van der Waals surface area contributed by atoms with Crippen molar-refractivity contribution in [2.75, 3.05) is 26.9 Å². The number of nitrogens with zero attached hydrogens (tertiary/aromatic N) is 3. The van der Waals surface area contributed by atoms with Crippen LogP contribution in [-0.2, 0) is 20.7 Å². The molecule has 1 saturated heterocycles. The minimum absolute atomic E-state index is 0.0420. The van der Waals surface area contributed by atoms with E-state index in [-0.39, 0.29) is 18.2 Å². The molecule has 1 aliphatic rings. The van der Waals surface area contributed by atoms with Gasteiger partial charge in [-0.05, 0) is 95.2 Å². The zero-order valence-electron chi connectivity index (χ0n) is 23.7. The van der Waals surface area contributed by atoms with Crippen LogP contribution in [-0.4, -0.2) is 58.7 Å². The summed E-state index contributed by atoms with van der Waals surface area (Å²) in [6, 6.07) is 17.4. The number of hydrogen-bond donors (Lipinski definition) is 1. The second kappa shape index (κ2) is 13.9. The average molecular weight is 727 g/mol. The van der Waals surface area contributed by atoms with Gasteiger partial charge in [-0.25, -0.2) is 9.79 Å². The first-order chi connectivity index (χ1) is 21.3. The number of para-hydroxylation sites is 1. The van der Waals surface area contributed by atoms with Crippen molar-refractivity contribution in [3.05, 3.63) is 96.6 Å². The number of rotatable bonds is 11. The standard InChI is InChI=1S/C31H27IN4O7S/c1-3-42-26-15-19(14-24(32)29(26)43-18-28(37)41-2)16-27-30(38)35(13-12-20-17-33-25-7-5-4-6-23(20)25)31(44-27)34-21-8-10-22(11-9-21)36(39)40/h4-11,14-17,33H,3,12-13,18H2,1-2H3/b27-16-,34-31?. The van der Waals surface area contributed by atoms with Crippen LogP contribution in [0.1, 0.15) is 18.1 Å². The molecular formula is C31H27IN4O7S. The van der Waals surface area contributed by atoms with Crippen LogP contribution in [0.2, 0.25) is 0 Å². The highest BCUT2D eigenvalue weighted by atomic mass is 127. The van der Waals surface area contributed by atoms with Gasteiger partial charge in [0.05, 0.1) is 32.8 Å². The van der Waals surface area contributed by atoms with Gasteiger partial charge in [-0.3, -0.25) is 19.8 Å². The number of methoxy groups -OCH3 is 1. The number of aromatic nitrogens is 1. The van der Waals surface area contributed by atoms with E-state index in [0.717, 1.165) is 16.5 Å². The predicted molar refractivity (Wildman–Crippen MR) is 177 cm³/mol. The van der Waals surface area contributed by atoms with Gasteiger partial charge in [0.2, 0.25) is 0 Å². The Balaban J connectivity index is 1.46. The molecule has 1 amide bonds. The molecule has 2 heterocycles. The van der Waals surface area contributed by atoms with E-state index in [4.69, 9.17) is 14.5 Å². The van der Waals surface area contributed by atoms with Crippen molar-refractivity contribution < 1.29 is 28.7 Å². The van der Waals surface area contributed by atoms with Crippen LogP contribution in [0.3, 0.4) is 0 Å². The number of amides is 1. The third kappa shape index (κ3) is 7.05. The summed E-state index contributed by atoms with van der Waals surface area (Å²) in [5, 5.41) is 12.7. The lowest BCUT2D eigenvalue weighted by Gasteiger charge is -2.15. The second-order valence-electron chi connectivity index (χ2n) is 9.47. The summed E-state index contributed by atoms with van der Waals surface area (Å²) < 4.78 is 16.8. The van der Waals surface area contributed by atoms with Crippen LogP contribution < -0.4 is 9.47 Å². The quantitative estimate of drug-likeness (QED) is 0.0611. The first-order valence-corrected chi connectivity index (χ1v) is 15.4. The van der Waals surface area contributed by atoms with E-state index in [9.17, 15) is 19.7 Å². The van der Waals surface area contributed by atoms with Crippen molar-refractivity contribution in [2.45, 2.75) is 13.3 Å². The fourth-order valence-electron chi connectivity index (χ4n) is 4.53. The Kier molecular flexibility index (Phi) is 9.85. The number of nitro groups is 1. The van der Waals surface area contributed by atoms with Crippen LogP contribution in [0.4, 0.5) is 11.4 Å². The van der Waals surface area contributed by atoms with Crippen LogP contribution in [0, 0.1) is 13.7 Å². The van der Waals surface area contributed by atoms with Crippen molar-refractivity contribution in [2.24, 2.45) is 4.99 Å². The van der Waals surface area contributed by atoms with Crippen molar-refractivity contribution >= 4 is 79.8 Å². The van der Waals surface area contributed by atoms with Gasteiger partial charge in [0, 0.05) is 35.8 Å². The summed E-state index contributed by atoms with van der Waals surface area (Å²) in [4.78, 5) is 46.1. The molecule has 3 aromatic carbocycles. The molecule has 0 saturated carbocycles. The van der Waals surface area contributed by atoms with Crippen LogP contribution in [0.25, 0.3) is 17.0 Å². The molecule has 0 spiro atoms. The highest BCUT2D eigenvalue weighted by Crippen LogP contribution is 2.38. The maximum atomic E-state index is 13.8. The molecule has 11 nitrogen and oxygen atoms in total. The number of non-ortho nitro benzene ring substituents is 1. The van der Waals surface area contributed by atoms with Gasteiger partial charge in [-0.15, -0.1) is 0 Å². The summed E-state index contributed by atoms with van der Waals surface area (Å²) in [5.41, 5.74) is 3.24. The number of hydrogen-bond acceptors (Lipinski definition) is 9. The number of thioether (sulfide) groups is 1. The van der Waals surface area contributed by atoms with Crippen LogP contribution >= 0.6 is 34.4 Å². The van der Waals surface area contributed by atoms with E-state index in [1.54, 1.807) is 29.2 Å². The van der Waals surface area contributed by atoms with Crippen molar-refractivity contribution in [3.8, 4) is 11.5 Å². The van der Waals surface area contributed by atoms with Gasteiger partial charge in [-0.1, -0.05) is 18.2 Å². The van der Waals surface area contributed by atoms with Gasteiger partial charge >= 0.3 is 5.97 Å². The van der Waals surface area contributed by atoms with E-state index in [1.807, 2.05) is 43.5 Å². The van der Waals surface area contributed by atoms with Crippen molar-refractivity contribution in [1.82, 2.24) is 9.88 Å². The minimum Gasteiger partial charge on any atom is -0.490 e. The Morgan fingerprint density at radius 3 is 2.66 bits per heavy atom. The van der Waals surface area contributed by atoms with Gasteiger partial charge in [0.15, 0.2) is 23.3 Å². The number of nitro benzene ring substituents is 1. The summed E-state index contributed by atoms with van der Waals surface area (Å²) >= 11 is 3.32. The molecule has 0 aliphatic carbocycles. The number of ether oxygens (including phenoxy) is 3. The Morgan fingerprint density at radius 2 is 1.93 bits per heavy atom. The van der Waals surface area contributed by atoms with Crippen molar-refractivity contribution in [3.63, 3.8) is 0 Å². The Hall–Kier alpha value is -4.37. The van der Waals surface area contributed by atoms with Crippen LogP contribution in [0.5, 0.6) is 11.5 Å². The minimum atomic E-state index is -0.519. The average Bonchev–Trinajstić information content (AvgIpc) is 3.55. The molecule has 0 radical (unpaired) electrons. The number of aliphatic imine (C=N–C) groups is 1. The molecule has 5 rings (SSSR count). The number of benzene rings is 3. The normalized spacial score (nSPS) is 14.9. The summed E-state index contributed by atoms with van der Waals surface area (Å²) in [5.74, 6) is 0.109. The number of nitrogens with one attached hydrogen (secondary N) is 1. The van der Waals surface area contributed by atoms with Crippen molar-refractivity contribution in [1.29, 1.82) is 0 Å². The maximum Gasteiger partial charge on any atom is 0.343 e. The predicted octanol–water partition coefficient (Wildman–Crippen LogP) is 6.48. The molecule has 0 bridgehead atoms. The highest BCUT2D eigenvalue weighted by Gasteiger charge is 2.33. The van der Waals surface area contributed by atoms with Gasteiger partial charge in [0.25, 0.3) is 11.6 Å². The summed E-state index contributed by atoms with van der Waals surface area (Å²) in [7, 11) is 1.29. The van der Waals surface area contributed by atoms with Gasteiger partial charge in [-0.2, -0.15) is 0 Å². The molecule has 1 N–H and O–H groups in total. The molecule has 0 atom stereocenters. The fourth-order valence-corrected chi connectivity index (χ4v) is 6.34. The molecule has 13 heteroatoms. The molecule has 4 aromatic rings. The summed E-state index contributed by atoms with van der Waals surface area (Å²) in [6.45, 7) is 2.31. The SMILES string of the molecule is CCOc1cc(/C=C2\SC(=Nc3ccc([N+](=O)[O-])cc3)N(CCc3c[nH]c4ccccc34)C2=O)cc(I)c1OCC(=O)OC. The Bertz CT molecular complexity index is 1790. The number of fused-ring (bicyclic) bond motifs is 1. The Labute approximate surface area is 270 Å². The third-order valence-corrected chi connectivity index (χ3v) is 8.45. The Morgan fingerprint density at radius 1 is 1.16 bits per heavy atom. The van der Waals surface area contributed by atoms with Gasteiger partial charge < -0.3 is 19.2 Å². The van der Waals surface area contributed by atoms with E-state index in [2.05, 4.69) is 32.3 Å². The number of carbonyl (C=O) groups is 2. The largest absolute Gasteiger partial charge is 0.490 e. The molecule has 44 heavy (non-hydrogen) atoms. The lowest BCUT2D eigenvalue weighted by atomic mass is 10.1. The molecule has 1 fully saturated rings. The molecule has 226 valence electrons. The molecule has 1 aromatic heterocycles. The van der Waals surface area contributed by atoms with E-state index >= 15 is 0 Å². The third-order valence-electron chi connectivity index (χ3n) is 6.64. The topological polar surface area (TPSA) is 136 Å². The zero-order chi connectivity index (χ0) is 31.2. The zero-order valence-corrected chi connectivity index (χ0v) is 26.7. The maximum absolute atomic E-state index is 13.8. The fraction of sp³-hybridized carbons (Fsp3) is 0.194. The number of aromatic amines is 1. The smallest absolute Gasteiger partial charge is 0.343 e. The number of halogens is 1. The van der Waals surface area contributed by atoms with E-state index in [1.165, 1.54) is 31.0 Å². The lowest BCUT2D eigenvalue weighted by Crippen LogP contribution is -2.31. The molecule has 1 aliphatic heterocycles. The van der Waals surface area contributed by atoms with Crippen LogP contribution in [0.15, 0.2) is 76.8 Å². The second-order valence-corrected chi connectivity index (χ2v) is 11.6. The number of amidine groups is 1. The first-order valence-electron chi connectivity index (χ1n) is 13.5. The lowest BCUT2D eigenvalue weighted by molar-refractivity contribution is -0.384. The van der Waals surface area contributed by atoms with E-state index < -0.39 is 10.9 Å². The first kappa shape index (κ1) is 31.1. The van der Waals surface area contributed by atoms with E-state index in [0.29, 0.717) is 56.0 Å². The number of H-pyrrole nitrogens is 1. The summed E-state index contributed by atoms with van der Waals surface area (Å²) in [6.07, 6.45) is 4.30. The molecule has 0 unspecified atom stereocenters. The highest BCUT2D eigenvalue weighted by molar-refractivity contribution is 14.1. The number of esters is 1. The monoisotopic (exact) mass is 726 g/mol. The molecular weight excluding hydrogens is 699 g/mol. The number of carbonyl (C=O) groups excluding carboxylic acids is 2. The van der Waals surface area contributed by atoms with Gasteiger partial charge in [0.1, 0.15) is 0 Å².